The van der Waals surface area contributed by atoms with Crippen molar-refractivity contribution >= 4 is 16.1 Å². The number of amides is 1. The van der Waals surface area contributed by atoms with E-state index in [4.69, 9.17) is 9.47 Å². The zero-order valence-corrected chi connectivity index (χ0v) is 17.3. The molecule has 0 aromatic heterocycles. The summed E-state index contributed by atoms with van der Waals surface area (Å²) >= 11 is 0. The third kappa shape index (κ3) is 4.57. The molecule has 1 amide bonds. The van der Waals surface area contributed by atoms with Crippen LogP contribution < -0.4 is 9.46 Å². The molecule has 1 saturated heterocycles. The SMILES string of the molecule is COC1CN(S(=O)(=O)NC(=O)c2cc(C3CC3)c(OCC3CCCC3)cc2F)C1. The summed E-state index contributed by atoms with van der Waals surface area (Å²) in [7, 11) is -2.53. The van der Waals surface area contributed by atoms with Gasteiger partial charge in [-0.3, -0.25) is 4.79 Å². The number of ether oxygens (including phenoxy) is 2. The smallest absolute Gasteiger partial charge is 0.304 e. The Morgan fingerprint density at radius 1 is 1.21 bits per heavy atom. The second-order valence-corrected chi connectivity index (χ2v) is 9.89. The van der Waals surface area contributed by atoms with Crippen molar-refractivity contribution in [3.63, 3.8) is 0 Å². The molecule has 0 bridgehead atoms. The van der Waals surface area contributed by atoms with E-state index >= 15 is 0 Å². The predicted molar refractivity (Wildman–Crippen MR) is 105 cm³/mol. The van der Waals surface area contributed by atoms with Crippen LogP contribution in [0.1, 0.15) is 60.4 Å². The van der Waals surface area contributed by atoms with E-state index in [1.54, 1.807) is 0 Å². The largest absolute Gasteiger partial charge is 0.493 e. The average molecular weight is 427 g/mol. The van der Waals surface area contributed by atoms with Crippen LogP contribution in [0.5, 0.6) is 5.75 Å². The highest BCUT2D eigenvalue weighted by molar-refractivity contribution is 7.87. The molecular formula is C20H27FN2O5S. The first-order valence-electron chi connectivity index (χ1n) is 10.2. The number of hydrogen-bond acceptors (Lipinski definition) is 5. The number of carbonyl (C=O) groups is 1. The van der Waals surface area contributed by atoms with Gasteiger partial charge in [-0.2, -0.15) is 12.7 Å². The molecule has 2 aliphatic carbocycles. The van der Waals surface area contributed by atoms with Crippen molar-refractivity contribution in [2.45, 2.75) is 50.5 Å². The molecule has 1 aromatic rings. The summed E-state index contributed by atoms with van der Waals surface area (Å²) in [5.41, 5.74) is 0.517. The van der Waals surface area contributed by atoms with Crippen LogP contribution >= 0.6 is 0 Å². The van der Waals surface area contributed by atoms with Gasteiger partial charge in [-0.25, -0.2) is 9.11 Å². The van der Waals surface area contributed by atoms with E-state index in [9.17, 15) is 17.6 Å². The van der Waals surface area contributed by atoms with Gasteiger partial charge >= 0.3 is 10.2 Å². The van der Waals surface area contributed by atoms with E-state index in [1.807, 2.05) is 4.72 Å². The minimum Gasteiger partial charge on any atom is -0.493 e. The average Bonchev–Trinajstić information content (AvgIpc) is 3.33. The normalized spacial score (nSPS) is 21.2. The van der Waals surface area contributed by atoms with Crippen LogP contribution in [0.25, 0.3) is 0 Å². The van der Waals surface area contributed by atoms with E-state index in [2.05, 4.69) is 0 Å². The Morgan fingerprint density at radius 2 is 1.90 bits per heavy atom. The molecular weight excluding hydrogens is 399 g/mol. The lowest BCUT2D eigenvalue weighted by molar-refractivity contribution is 0.0119. The molecule has 160 valence electrons. The van der Waals surface area contributed by atoms with Gasteiger partial charge in [-0.15, -0.1) is 0 Å². The van der Waals surface area contributed by atoms with Crippen LogP contribution in [0.3, 0.4) is 0 Å². The number of carbonyl (C=O) groups excluding carboxylic acids is 1. The highest BCUT2D eigenvalue weighted by Crippen LogP contribution is 2.45. The van der Waals surface area contributed by atoms with E-state index in [1.165, 1.54) is 32.1 Å². The van der Waals surface area contributed by atoms with Crippen molar-refractivity contribution in [1.29, 1.82) is 0 Å². The van der Waals surface area contributed by atoms with Gasteiger partial charge in [-0.05, 0) is 49.1 Å². The maximum atomic E-state index is 14.7. The second kappa shape index (κ2) is 8.20. The van der Waals surface area contributed by atoms with Gasteiger partial charge in [0.2, 0.25) is 0 Å². The molecule has 0 radical (unpaired) electrons. The Kier molecular flexibility index (Phi) is 5.81. The van der Waals surface area contributed by atoms with E-state index in [-0.39, 0.29) is 30.7 Å². The summed E-state index contributed by atoms with van der Waals surface area (Å²) in [5.74, 6) is -0.544. The van der Waals surface area contributed by atoms with Crippen molar-refractivity contribution in [3.05, 3.63) is 29.1 Å². The molecule has 1 N–H and O–H groups in total. The van der Waals surface area contributed by atoms with Gasteiger partial charge in [0.1, 0.15) is 11.6 Å². The number of rotatable bonds is 8. The summed E-state index contributed by atoms with van der Waals surface area (Å²) in [6.45, 7) is 0.889. The van der Waals surface area contributed by atoms with Gasteiger partial charge in [0.25, 0.3) is 5.91 Å². The molecule has 2 saturated carbocycles. The minimum atomic E-state index is -4.02. The number of benzene rings is 1. The monoisotopic (exact) mass is 426 g/mol. The molecule has 3 fully saturated rings. The van der Waals surface area contributed by atoms with Crippen LogP contribution in [0.15, 0.2) is 12.1 Å². The molecule has 3 aliphatic rings. The molecule has 1 heterocycles. The number of methoxy groups -OCH3 is 1. The summed E-state index contributed by atoms with van der Waals surface area (Å²) in [6, 6.07) is 2.69. The van der Waals surface area contributed by atoms with E-state index in [0.29, 0.717) is 18.3 Å². The standard InChI is InChI=1S/C20H27FN2O5S/c1-27-15-10-23(11-15)29(25,26)22-20(24)17-8-16(14-6-7-14)19(9-18(17)21)28-12-13-4-2-3-5-13/h8-9,13-15H,2-7,10-12H2,1H3,(H,22,24). The lowest BCUT2D eigenvalue weighted by atomic mass is 10.0. The molecule has 1 aliphatic heterocycles. The zero-order valence-electron chi connectivity index (χ0n) is 16.5. The maximum Gasteiger partial charge on any atom is 0.304 e. The molecule has 0 unspecified atom stereocenters. The zero-order chi connectivity index (χ0) is 20.6. The summed E-state index contributed by atoms with van der Waals surface area (Å²) in [5, 5.41) is 0. The van der Waals surface area contributed by atoms with E-state index < -0.39 is 21.9 Å². The number of nitrogens with one attached hydrogen (secondary N) is 1. The van der Waals surface area contributed by atoms with Gasteiger partial charge < -0.3 is 9.47 Å². The quantitative estimate of drug-likeness (QED) is 0.691. The highest BCUT2D eigenvalue weighted by atomic mass is 32.2. The first-order valence-corrected chi connectivity index (χ1v) is 11.6. The van der Waals surface area contributed by atoms with Crippen LogP contribution in [0.2, 0.25) is 0 Å². The van der Waals surface area contributed by atoms with Crippen LogP contribution in [0, 0.1) is 11.7 Å². The van der Waals surface area contributed by atoms with Crippen molar-refractivity contribution in [2.75, 3.05) is 26.8 Å². The van der Waals surface area contributed by atoms with Crippen molar-refractivity contribution in [2.24, 2.45) is 5.92 Å². The fourth-order valence-corrected chi connectivity index (χ4v) is 5.15. The first-order chi connectivity index (χ1) is 13.9. The fourth-order valence-electron chi connectivity index (χ4n) is 3.95. The predicted octanol–water partition coefficient (Wildman–Crippen LogP) is 2.58. The van der Waals surface area contributed by atoms with Gasteiger partial charge in [-0.1, -0.05) is 12.8 Å². The fraction of sp³-hybridized carbons (Fsp3) is 0.650. The summed E-state index contributed by atoms with van der Waals surface area (Å²) < 4.78 is 53.3. The Bertz CT molecular complexity index is 875. The van der Waals surface area contributed by atoms with Crippen LogP contribution in [-0.4, -0.2) is 51.5 Å². The Balaban J connectivity index is 1.48. The molecule has 4 rings (SSSR count). The number of hydrogen-bond donors (Lipinski definition) is 1. The topological polar surface area (TPSA) is 84.9 Å². The Labute approximate surface area is 170 Å². The molecule has 9 heteroatoms. The lowest BCUT2D eigenvalue weighted by Gasteiger charge is -2.36. The molecule has 0 spiro atoms. The lowest BCUT2D eigenvalue weighted by Crippen LogP contribution is -2.58. The third-order valence-electron chi connectivity index (χ3n) is 6.02. The third-order valence-corrected chi connectivity index (χ3v) is 7.44. The number of halogens is 1. The van der Waals surface area contributed by atoms with Gasteiger partial charge in [0, 0.05) is 26.3 Å². The minimum absolute atomic E-state index is 0.170. The second-order valence-electron chi connectivity index (χ2n) is 8.22. The molecule has 29 heavy (non-hydrogen) atoms. The molecule has 0 atom stereocenters. The van der Waals surface area contributed by atoms with Crippen LogP contribution in [0.4, 0.5) is 4.39 Å². The first kappa shape index (κ1) is 20.6. The van der Waals surface area contributed by atoms with Crippen molar-refractivity contribution in [3.8, 4) is 5.75 Å². The van der Waals surface area contributed by atoms with Crippen molar-refractivity contribution < 1.29 is 27.1 Å². The number of nitrogens with zero attached hydrogens (tertiary/aromatic N) is 1. The van der Waals surface area contributed by atoms with Gasteiger partial charge in [0.15, 0.2) is 0 Å². The highest BCUT2D eigenvalue weighted by Gasteiger charge is 2.37. The Morgan fingerprint density at radius 3 is 2.52 bits per heavy atom. The summed E-state index contributed by atoms with van der Waals surface area (Å²) in [6.07, 6.45) is 6.38. The Hall–Kier alpha value is -1.71. The summed E-state index contributed by atoms with van der Waals surface area (Å²) in [4.78, 5) is 12.5. The van der Waals surface area contributed by atoms with Gasteiger partial charge in [0.05, 0.1) is 18.3 Å². The maximum absolute atomic E-state index is 14.7. The molecule has 7 nitrogen and oxygen atoms in total. The van der Waals surface area contributed by atoms with Crippen LogP contribution in [-0.2, 0) is 14.9 Å². The molecule has 1 aromatic carbocycles. The van der Waals surface area contributed by atoms with E-state index in [0.717, 1.165) is 35.6 Å². The van der Waals surface area contributed by atoms with Crippen molar-refractivity contribution in [1.82, 2.24) is 9.03 Å².